The van der Waals surface area contributed by atoms with Gasteiger partial charge in [0.2, 0.25) is 0 Å². The van der Waals surface area contributed by atoms with E-state index in [4.69, 9.17) is 8.85 Å². The summed E-state index contributed by atoms with van der Waals surface area (Å²) in [4.78, 5) is 28.9. The van der Waals surface area contributed by atoms with Gasteiger partial charge in [-0.2, -0.15) is 0 Å². The molecule has 4 nitrogen and oxygen atoms in total. The maximum Gasteiger partial charge on any atom is 0.192 e. The highest BCUT2D eigenvalue weighted by molar-refractivity contribution is 6.82. The van der Waals surface area contributed by atoms with Gasteiger partial charge in [0.05, 0.1) is 28.4 Å². The maximum atomic E-state index is 14.5. The Morgan fingerprint density at radius 3 is 0.979 bits per heavy atom. The first kappa shape index (κ1) is 40.4. The highest BCUT2D eigenvalue weighted by Crippen LogP contribution is 2.63. The Morgan fingerprint density at radius 2 is 0.750 bits per heavy atom. The van der Waals surface area contributed by atoms with Crippen LogP contribution < -0.4 is 0 Å². The van der Waals surface area contributed by atoms with E-state index >= 15 is 0 Å². The molecule has 0 aromatic heterocycles. The lowest BCUT2D eigenvalue weighted by Gasteiger charge is -2.48. The van der Waals surface area contributed by atoms with E-state index in [1.165, 1.54) is 11.1 Å². The van der Waals surface area contributed by atoms with Gasteiger partial charge in [0.15, 0.2) is 28.2 Å². The van der Waals surface area contributed by atoms with Crippen molar-refractivity contribution in [3.63, 3.8) is 0 Å². The van der Waals surface area contributed by atoms with E-state index in [-0.39, 0.29) is 55.8 Å². The van der Waals surface area contributed by atoms with E-state index in [0.29, 0.717) is 23.9 Å². The van der Waals surface area contributed by atoms with Gasteiger partial charge in [0, 0.05) is 24.0 Å². The van der Waals surface area contributed by atoms with Crippen LogP contribution in [0.25, 0.3) is 0 Å². The molecule has 274 valence electrons. The Morgan fingerprint density at radius 1 is 0.479 bits per heavy atom. The Labute approximate surface area is 300 Å². The monoisotopic (exact) mass is 730 g/mol. The van der Waals surface area contributed by atoms with Gasteiger partial charge in [-0.25, -0.2) is 0 Å². The Balaban J connectivity index is 2.02. The van der Waals surface area contributed by atoms with Crippen LogP contribution in [0.3, 0.4) is 0 Å². The van der Waals surface area contributed by atoms with Crippen LogP contribution in [0.1, 0.15) is 109 Å². The van der Waals surface area contributed by atoms with Gasteiger partial charge < -0.3 is 8.85 Å². The van der Waals surface area contributed by atoms with Gasteiger partial charge in [-0.1, -0.05) is 109 Å². The second kappa shape index (κ2) is 12.1. The Hall–Kier alpha value is -0.392. The predicted molar refractivity (Wildman–Crippen MR) is 216 cm³/mol. The summed E-state index contributed by atoms with van der Waals surface area (Å²) in [6.07, 6.45) is 2.91. The quantitative estimate of drug-likeness (QED) is 0.245. The van der Waals surface area contributed by atoms with Crippen LogP contribution in [0.15, 0.2) is 22.3 Å². The average Bonchev–Trinajstić information content (AvgIpc) is 3.55. The first-order valence-electron chi connectivity index (χ1n) is 19.1. The number of carbonyl (C=O) groups excluding carboxylic acids is 2. The van der Waals surface area contributed by atoms with E-state index in [2.05, 4.69) is 135 Å². The zero-order valence-corrected chi connectivity index (χ0v) is 38.9. The van der Waals surface area contributed by atoms with Gasteiger partial charge in [0.25, 0.3) is 0 Å². The molecule has 6 atom stereocenters. The molecule has 0 heterocycles. The van der Waals surface area contributed by atoms with Crippen LogP contribution in [0.5, 0.6) is 0 Å². The number of hydrogen-bond donors (Lipinski definition) is 0. The van der Waals surface area contributed by atoms with Crippen LogP contribution in [0.2, 0.25) is 83.6 Å². The summed E-state index contributed by atoms with van der Waals surface area (Å²) in [6.45, 7) is 48.0. The molecule has 0 spiro atoms. The molecule has 48 heavy (non-hydrogen) atoms. The van der Waals surface area contributed by atoms with E-state index in [0.717, 1.165) is 24.0 Å². The summed E-state index contributed by atoms with van der Waals surface area (Å²) in [5, 5.41) is 0.478. The Kier molecular flexibility index (Phi) is 10.2. The van der Waals surface area contributed by atoms with E-state index in [9.17, 15) is 9.59 Å². The molecule has 0 amide bonds. The van der Waals surface area contributed by atoms with Crippen molar-refractivity contribution < 1.29 is 18.4 Å². The number of hydrogen-bond acceptors (Lipinski definition) is 4. The normalized spacial score (nSPS) is 29.8. The van der Waals surface area contributed by atoms with Crippen LogP contribution in [-0.2, 0) is 18.4 Å². The molecule has 0 aromatic rings. The van der Waals surface area contributed by atoms with Crippen LogP contribution in [-0.4, -0.2) is 56.6 Å². The minimum atomic E-state index is -2.21. The van der Waals surface area contributed by atoms with Crippen molar-refractivity contribution in [2.24, 2.45) is 11.8 Å². The third-order valence-electron chi connectivity index (χ3n) is 15.7. The van der Waals surface area contributed by atoms with Crippen molar-refractivity contribution in [1.82, 2.24) is 0 Å². The molecule has 0 radical (unpaired) electrons. The van der Waals surface area contributed by atoms with Gasteiger partial charge >= 0.3 is 0 Å². The molecule has 2 saturated carbocycles. The van der Waals surface area contributed by atoms with Gasteiger partial charge in [-0.15, -0.1) is 0 Å². The summed E-state index contributed by atoms with van der Waals surface area (Å²) in [5.41, 5.74) is 4.81. The lowest BCUT2D eigenvalue weighted by molar-refractivity contribution is -0.118. The lowest BCUT2D eigenvalue weighted by atomic mass is 9.93. The molecule has 8 heteroatoms. The fraction of sp³-hybridized carbons (Fsp3) is 0.850. The number of carbonyl (C=O) groups is 2. The third-order valence-corrected chi connectivity index (χ3v) is 37.2. The molecule has 4 aliphatic rings. The molecule has 0 N–H and O–H groups in total. The van der Waals surface area contributed by atoms with E-state index < -0.39 is 32.8 Å². The summed E-state index contributed by atoms with van der Waals surface area (Å²) >= 11 is 0. The minimum Gasteiger partial charge on any atom is -0.410 e. The Bertz CT molecular complexity index is 1280. The van der Waals surface area contributed by atoms with Crippen LogP contribution in [0, 0.1) is 11.8 Å². The van der Waals surface area contributed by atoms with Crippen molar-refractivity contribution in [1.29, 1.82) is 0 Å². The molecule has 0 saturated heterocycles. The van der Waals surface area contributed by atoms with Crippen molar-refractivity contribution in [3.8, 4) is 0 Å². The molecule has 4 aliphatic carbocycles. The number of ketones is 2. The summed E-state index contributed by atoms with van der Waals surface area (Å²) in [6, 6.07) is 0. The van der Waals surface area contributed by atoms with Crippen LogP contribution in [0.4, 0.5) is 0 Å². The van der Waals surface area contributed by atoms with Gasteiger partial charge in [-0.05, 0) is 93.2 Å². The highest BCUT2D eigenvalue weighted by Gasteiger charge is 2.61. The zero-order valence-electron chi connectivity index (χ0n) is 34.9. The zero-order chi connectivity index (χ0) is 37.2. The molecule has 2 unspecified atom stereocenters. The number of allylic oxidation sites excluding steroid dienone is 2. The molecule has 2 fully saturated rings. The minimum absolute atomic E-state index is 0.0481. The smallest absolute Gasteiger partial charge is 0.192 e. The van der Waals surface area contributed by atoms with Crippen molar-refractivity contribution >= 4 is 44.3 Å². The third kappa shape index (κ3) is 6.56. The molecule has 4 rings (SSSR count). The summed E-state index contributed by atoms with van der Waals surface area (Å²) in [5.74, 6) is 0.731. The van der Waals surface area contributed by atoms with Crippen molar-refractivity contribution in [3.05, 3.63) is 22.3 Å². The summed E-state index contributed by atoms with van der Waals surface area (Å²) < 4.78 is 15.1. The number of rotatable bonds is 7. The number of fused-ring (bicyclic) bond motifs is 2. The van der Waals surface area contributed by atoms with E-state index in [1.54, 1.807) is 0 Å². The topological polar surface area (TPSA) is 52.6 Å². The maximum absolute atomic E-state index is 14.5. The van der Waals surface area contributed by atoms with Crippen LogP contribution >= 0.6 is 0 Å². The van der Waals surface area contributed by atoms with E-state index in [1.807, 2.05) is 0 Å². The average molecular weight is 731 g/mol. The first-order valence-corrected chi connectivity index (χ1v) is 31.1. The predicted octanol–water partition coefficient (Wildman–Crippen LogP) is 12.1. The second-order valence-corrected chi connectivity index (χ2v) is 43.4. The van der Waals surface area contributed by atoms with Crippen molar-refractivity contribution in [2.45, 2.75) is 205 Å². The number of Topliss-reactive ketones (excluding diaryl/α,β-unsaturated/α-hetero) is 2. The fourth-order valence-corrected chi connectivity index (χ4v) is 17.2. The SMILES string of the molecule is CC(C)(C)[Si](C)(C)O[C@@H]1C2=C(C3=C4C(CC3=O)C[C@@H]([Si](C)(C)C(C)(C)C)[C@@H]4O[Si](C)(C)C(C)(C)C)C(=O)CC2C[C@H]1[Si](C)(C)C(C)(C)C. The lowest BCUT2D eigenvalue weighted by Crippen LogP contribution is -2.51. The molecular formula is C40H74O4Si4. The molecule has 0 aliphatic heterocycles. The molecule has 0 bridgehead atoms. The van der Waals surface area contributed by atoms with Gasteiger partial charge in [-0.3, -0.25) is 9.59 Å². The molecular weight excluding hydrogens is 657 g/mol. The fourth-order valence-electron chi connectivity index (χ4n) is 8.37. The first-order chi connectivity index (χ1) is 21.2. The van der Waals surface area contributed by atoms with Crippen molar-refractivity contribution in [2.75, 3.05) is 0 Å². The highest BCUT2D eigenvalue weighted by atomic mass is 28.4. The standard InChI is InChI=1S/C40H74O4Si4/c1-37(2,3)45(13,14)29-23-25-21-27(41)33(31(25)35(29)43-47(17,18)39(7,8)9)34-28(42)22-26-24-30(46(15,16)38(4,5)6)36(32(26)34)44-48(19,20)40(10,11)12/h25-26,29-30,35-36H,21-24H2,1-20H3/t25?,26?,29-,30-,35+,36+/m1/s1. The molecule has 0 aromatic carbocycles. The van der Waals surface area contributed by atoms with Gasteiger partial charge in [0.1, 0.15) is 0 Å². The second-order valence-electron chi connectivity index (χ2n) is 22.5. The summed E-state index contributed by atoms with van der Waals surface area (Å²) in [7, 11) is -8.17. The largest absolute Gasteiger partial charge is 0.410 e.